The number of nitrogens with two attached hydrogens (primary N) is 1. The molecule has 2 N–H and O–H groups in total. The van der Waals surface area contributed by atoms with Crippen molar-refractivity contribution >= 4 is 5.91 Å². The molecule has 129 valence electrons. The van der Waals surface area contributed by atoms with Crippen LogP contribution in [0.3, 0.4) is 0 Å². The minimum atomic E-state index is -3.62. The van der Waals surface area contributed by atoms with E-state index in [1.165, 1.54) is 12.1 Å². The molecule has 2 aliphatic rings. The summed E-state index contributed by atoms with van der Waals surface area (Å²) < 4.78 is 35.0. The van der Waals surface area contributed by atoms with Gasteiger partial charge in [-0.25, -0.2) is 9.97 Å². The van der Waals surface area contributed by atoms with Gasteiger partial charge in [-0.1, -0.05) is 6.07 Å². The first-order valence-electron chi connectivity index (χ1n) is 7.58. The SMILES string of the molecule is NC(=O)c1n[c]c2c(n1)CN(Cc1ccc3c(c1)OC(F)(F)O3)CC2. The van der Waals surface area contributed by atoms with Gasteiger partial charge in [0.05, 0.1) is 11.9 Å². The molecule has 1 radical (unpaired) electrons. The molecule has 0 bridgehead atoms. The molecule has 1 amide bonds. The molecule has 3 heterocycles. The summed E-state index contributed by atoms with van der Waals surface area (Å²) in [4.78, 5) is 21.3. The molecule has 0 atom stereocenters. The Bertz CT molecular complexity index is 859. The fraction of sp³-hybridized carbons (Fsp3) is 0.312. The number of aromatic nitrogens is 2. The van der Waals surface area contributed by atoms with E-state index in [-0.39, 0.29) is 17.3 Å². The number of carbonyl (C=O) groups is 1. The minimum Gasteiger partial charge on any atom is -0.395 e. The van der Waals surface area contributed by atoms with E-state index in [1.807, 2.05) is 0 Å². The van der Waals surface area contributed by atoms with E-state index >= 15 is 0 Å². The number of benzene rings is 1. The summed E-state index contributed by atoms with van der Waals surface area (Å²) in [5.41, 5.74) is 7.55. The molecule has 2 aliphatic heterocycles. The van der Waals surface area contributed by atoms with E-state index in [4.69, 9.17) is 5.73 Å². The molecule has 9 heteroatoms. The molecular formula is C16H13F2N4O3. The Balaban J connectivity index is 1.50. The monoisotopic (exact) mass is 347 g/mol. The lowest BCUT2D eigenvalue weighted by atomic mass is 10.1. The largest absolute Gasteiger partial charge is 0.586 e. The molecule has 0 unspecified atom stereocenters. The summed E-state index contributed by atoms with van der Waals surface area (Å²) in [6.45, 7) is 1.73. The molecular weight excluding hydrogens is 334 g/mol. The van der Waals surface area contributed by atoms with E-state index in [0.717, 1.165) is 17.7 Å². The number of ether oxygens (including phenoxy) is 2. The molecule has 4 rings (SSSR count). The van der Waals surface area contributed by atoms with Gasteiger partial charge in [0.2, 0.25) is 5.82 Å². The highest BCUT2D eigenvalue weighted by molar-refractivity contribution is 5.88. The molecule has 2 aromatic rings. The van der Waals surface area contributed by atoms with Crippen molar-refractivity contribution in [3.8, 4) is 11.5 Å². The number of amides is 1. The molecule has 0 spiro atoms. The van der Waals surface area contributed by atoms with E-state index in [0.29, 0.717) is 25.2 Å². The van der Waals surface area contributed by atoms with E-state index in [1.54, 1.807) is 6.07 Å². The van der Waals surface area contributed by atoms with Gasteiger partial charge in [0, 0.05) is 25.2 Å². The molecule has 7 nitrogen and oxygen atoms in total. The number of hydrogen-bond donors (Lipinski definition) is 1. The standard InChI is InChI=1S/C16H13F2N4O3/c17-16(18)24-12-2-1-9(5-13(12)25-16)7-22-4-3-10-6-20-15(14(19)23)21-11(10)8-22/h1-2,5H,3-4,7-8H2,(H2,19,23). The van der Waals surface area contributed by atoms with Crippen LogP contribution in [0.25, 0.3) is 0 Å². The van der Waals surface area contributed by atoms with Crippen LogP contribution in [-0.4, -0.2) is 33.6 Å². The van der Waals surface area contributed by atoms with Crippen molar-refractivity contribution < 1.29 is 23.0 Å². The Kier molecular flexibility index (Phi) is 3.53. The maximum absolute atomic E-state index is 13.1. The summed E-state index contributed by atoms with van der Waals surface area (Å²) in [5.74, 6) is -0.725. The van der Waals surface area contributed by atoms with Crippen LogP contribution in [-0.2, 0) is 19.5 Å². The third-order valence-corrected chi connectivity index (χ3v) is 4.03. The molecule has 1 aromatic carbocycles. The van der Waals surface area contributed by atoms with Gasteiger partial charge in [-0.15, -0.1) is 8.78 Å². The van der Waals surface area contributed by atoms with Gasteiger partial charge in [-0.2, -0.15) is 0 Å². The van der Waals surface area contributed by atoms with Crippen LogP contribution < -0.4 is 15.2 Å². The lowest BCUT2D eigenvalue weighted by Crippen LogP contribution is -2.32. The first kappa shape index (κ1) is 15.7. The molecule has 1 aromatic heterocycles. The number of fused-ring (bicyclic) bond motifs is 2. The van der Waals surface area contributed by atoms with Crippen LogP contribution in [0.5, 0.6) is 11.5 Å². The van der Waals surface area contributed by atoms with Crippen LogP contribution in [0, 0.1) is 6.20 Å². The van der Waals surface area contributed by atoms with Gasteiger partial charge in [-0.05, 0) is 24.1 Å². The van der Waals surface area contributed by atoms with Crippen molar-refractivity contribution in [2.45, 2.75) is 25.8 Å². The van der Waals surface area contributed by atoms with Gasteiger partial charge < -0.3 is 15.2 Å². The van der Waals surface area contributed by atoms with Crippen molar-refractivity contribution in [2.24, 2.45) is 5.73 Å². The summed E-state index contributed by atoms with van der Waals surface area (Å²) in [6, 6.07) is 4.71. The average molecular weight is 347 g/mol. The maximum atomic E-state index is 13.1. The molecule has 25 heavy (non-hydrogen) atoms. The van der Waals surface area contributed by atoms with Crippen LogP contribution in [0.2, 0.25) is 0 Å². The van der Waals surface area contributed by atoms with Crippen molar-refractivity contribution in [3.05, 3.63) is 47.0 Å². The van der Waals surface area contributed by atoms with E-state index in [2.05, 4.69) is 30.5 Å². The first-order valence-corrected chi connectivity index (χ1v) is 7.58. The molecule has 0 saturated carbocycles. The zero-order chi connectivity index (χ0) is 17.6. The van der Waals surface area contributed by atoms with Crippen molar-refractivity contribution in [2.75, 3.05) is 6.54 Å². The maximum Gasteiger partial charge on any atom is 0.586 e. The highest BCUT2D eigenvalue weighted by Gasteiger charge is 2.43. The van der Waals surface area contributed by atoms with Gasteiger partial charge in [-0.3, -0.25) is 9.69 Å². The lowest BCUT2D eigenvalue weighted by molar-refractivity contribution is -0.286. The van der Waals surface area contributed by atoms with E-state index in [9.17, 15) is 13.6 Å². The zero-order valence-corrected chi connectivity index (χ0v) is 13.0. The minimum absolute atomic E-state index is 0.0196. The number of rotatable bonds is 3. The van der Waals surface area contributed by atoms with Gasteiger partial charge in [0.1, 0.15) is 0 Å². The Morgan fingerprint density at radius 3 is 2.96 bits per heavy atom. The Labute approximate surface area is 141 Å². The number of primary amides is 1. The fourth-order valence-electron chi connectivity index (χ4n) is 2.89. The van der Waals surface area contributed by atoms with Crippen LogP contribution in [0.4, 0.5) is 8.78 Å². The number of hydrogen-bond acceptors (Lipinski definition) is 6. The summed E-state index contributed by atoms with van der Waals surface area (Å²) >= 11 is 0. The molecule has 0 saturated heterocycles. The molecule has 0 aliphatic carbocycles. The predicted octanol–water partition coefficient (Wildman–Crippen LogP) is 1.26. The first-order chi connectivity index (χ1) is 11.9. The fourth-order valence-corrected chi connectivity index (χ4v) is 2.89. The summed E-state index contributed by atoms with van der Waals surface area (Å²) in [7, 11) is 0. The Hall–Kier alpha value is -2.81. The highest BCUT2D eigenvalue weighted by Crippen LogP contribution is 2.41. The van der Waals surface area contributed by atoms with Crippen LogP contribution >= 0.6 is 0 Å². The quantitative estimate of drug-likeness (QED) is 0.899. The topological polar surface area (TPSA) is 90.6 Å². The van der Waals surface area contributed by atoms with Gasteiger partial charge >= 0.3 is 6.29 Å². The third-order valence-electron chi connectivity index (χ3n) is 4.03. The summed E-state index contributed by atoms with van der Waals surface area (Å²) in [5, 5.41) is 0. The second kappa shape index (κ2) is 5.62. The van der Waals surface area contributed by atoms with E-state index < -0.39 is 12.2 Å². The second-order valence-corrected chi connectivity index (χ2v) is 5.86. The van der Waals surface area contributed by atoms with Crippen LogP contribution in [0.15, 0.2) is 18.2 Å². The van der Waals surface area contributed by atoms with Crippen molar-refractivity contribution in [1.29, 1.82) is 0 Å². The lowest BCUT2D eigenvalue weighted by Gasteiger charge is -2.27. The third kappa shape index (κ3) is 3.10. The predicted molar refractivity (Wildman–Crippen MR) is 79.8 cm³/mol. The summed E-state index contributed by atoms with van der Waals surface area (Å²) in [6.07, 6.45) is -0.138. The zero-order valence-electron chi connectivity index (χ0n) is 13.0. The smallest absolute Gasteiger partial charge is 0.395 e. The van der Waals surface area contributed by atoms with Crippen LogP contribution in [0.1, 0.15) is 27.4 Å². The molecule has 0 fully saturated rings. The number of nitrogens with zero attached hydrogens (tertiary/aromatic N) is 3. The second-order valence-electron chi connectivity index (χ2n) is 5.86. The van der Waals surface area contributed by atoms with Crippen molar-refractivity contribution in [3.63, 3.8) is 0 Å². The highest BCUT2D eigenvalue weighted by atomic mass is 19.3. The average Bonchev–Trinajstić information content (AvgIpc) is 2.87. The number of halogens is 2. The van der Waals surface area contributed by atoms with Gasteiger partial charge in [0.15, 0.2) is 11.5 Å². The van der Waals surface area contributed by atoms with Gasteiger partial charge in [0.25, 0.3) is 5.91 Å². The number of carbonyl (C=O) groups excluding carboxylic acids is 1. The normalized spacial score (nSPS) is 18.0. The Morgan fingerprint density at radius 1 is 1.36 bits per heavy atom. The number of alkyl halides is 2. The Morgan fingerprint density at radius 2 is 2.16 bits per heavy atom. The van der Waals surface area contributed by atoms with Crippen molar-refractivity contribution in [1.82, 2.24) is 14.9 Å².